The van der Waals surface area contributed by atoms with Crippen molar-refractivity contribution < 1.29 is 9.32 Å². The Morgan fingerprint density at radius 2 is 1.82 bits per heavy atom. The van der Waals surface area contributed by atoms with Gasteiger partial charge in [-0.1, -0.05) is 11.2 Å². The Balaban J connectivity index is 1.22. The number of aromatic nitrogens is 5. The molecule has 0 atom stereocenters. The van der Waals surface area contributed by atoms with E-state index in [9.17, 15) is 4.79 Å². The molecule has 1 aromatic carbocycles. The summed E-state index contributed by atoms with van der Waals surface area (Å²) >= 11 is 1.52. The van der Waals surface area contributed by atoms with E-state index in [1.165, 1.54) is 11.3 Å². The Labute approximate surface area is 193 Å². The van der Waals surface area contributed by atoms with E-state index >= 15 is 0 Å². The standard InChI is InChI=1S/C23H19N7O2S/c1-14-12-15(2)30(28-14)22-10-9-21(26-27-22)24-16-5-7-17(8-6-16)25-23(31)18-13-19(32-29-18)20-4-3-11-33-20/h3-13H,1-2H3,(H,24,26)(H,25,31). The van der Waals surface area contributed by atoms with Gasteiger partial charge in [-0.15, -0.1) is 21.5 Å². The molecular weight excluding hydrogens is 438 g/mol. The van der Waals surface area contributed by atoms with E-state index < -0.39 is 0 Å². The summed E-state index contributed by atoms with van der Waals surface area (Å²) in [7, 11) is 0. The average Bonchev–Trinajstić information content (AvgIpc) is 3.56. The highest BCUT2D eigenvalue weighted by molar-refractivity contribution is 7.13. The van der Waals surface area contributed by atoms with Gasteiger partial charge in [0, 0.05) is 23.1 Å². The molecule has 0 aliphatic heterocycles. The normalized spacial score (nSPS) is 10.8. The third-order valence-corrected chi connectivity index (χ3v) is 5.68. The van der Waals surface area contributed by atoms with E-state index in [2.05, 4.69) is 31.1 Å². The number of anilines is 3. The molecule has 10 heteroatoms. The Hall–Kier alpha value is -4.31. The van der Waals surface area contributed by atoms with Crippen molar-refractivity contribution >= 4 is 34.4 Å². The molecule has 0 saturated heterocycles. The third kappa shape index (κ3) is 4.51. The average molecular weight is 458 g/mol. The van der Waals surface area contributed by atoms with Crippen LogP contribution in [-0.4, -0.2) is 31.0 Å². The van der Waals surface area contributed by atoms with Crippen LogP contribution in [0.3, 0.4) is 0 Å². The van der Waals surface area contributed by atoms with Crippen LogP contribution < -0.4 is 10.6 Å². The van der Waals surface area contributed by atoms with E-state index in [1.807, 2.05) is 61.7 Å². The van der Waals surface area contributed by atoms with Gasteiger partial charge in [0.15, 0.2) is 23.1 Å². The van der Waals surface area contributed by atoms with Crippen LogP contribution in [0.2, 0.25) is 0 Å². The lowest BCUT2D eigenvalue weighted by molar-refractivity contribution is 0.101. The molecule has 0 saturated carbocycles. The zero-order valence-electron chi connectivity index (χ0n) is 17.8. The van der Waals surface area contributed by atoms with Gasteiger partial charge in [0.25, 0.3) is 5.91 Å². The SMILES string of the molecule is Cc1cc(C)n(-c2ccc(Nc3ccc(NC(=O)c4cc(-c5cccs5)on4)cc3)nn2)n1. The second-order valence-electron chi connectivity index (χ2n) is 7.33. The summed E-state index contributed by atoms with van der Waals surface area (Å²) in [6.07, 6.45) is 0. The monoisotopic (exact) mass is 457 g/mol. The Bertz CT molecular complexity index is 1390. The van der Waals surface area contributed by atoms with Gasteiger partial charge in [-0.2, -0.15) is 5.10 Å². The molecule has 4 aromatic heterocycles. The molecule has 0 unspecified atom stereocenters. The van der Waals surface area contributed by atoms with Crippen molar-refractivity contribution in [2.75, 3.05) is 10.6 Å². The van der Waals surface area contributed by atoms with E-state index in [-0.39, 0.29) is 11.6 Å². The number of carbonyl (C=O) groups is 1. The van der Waals surface area contributed by atoms with Crippen molar-refractivity contribution in [3.05, 3.63) is 83.1 Å². The molecular formula is C23H19N7O2S. The first-order valence-corrected chi connectivity index (χ1v) is 11.0. The van der Waals surface area contributed by atoms with E-state index in [0.29, 0.717) is 23.1 Å². The van der Waals surface area contributed by atoms with Gasteiger partial charge in [-0.3, -0.25) is 4.79 Å². The highest BCUT2D eigenvalue weighted by Gasteiger charge is 2.14. The summed E-state index contributed by atoms with van der Waals surface area (Å²) in [5.41, 5.74) is 3.59. The molecule has 0 spiro atoms. The number of carbonyl (C=O) groups excluding carboxylic acids is 1. The highest BCUT2D eigenvalue weighted by atomic mass is 32.1. The minimum absolute atomic E-state index is 0.221. The molecule has 0 fully saturated rings. The van der Waals surface area contributed by atoms with Crippen LogP contribution in [0.4, 0.5) is 17.2 Å². The maximum absolute atomic E-state index is 12.5. The lowest BCUT2D eigenvalue weighted by Gasteiger charge is -2.08. The van der Waals surface area contributed by atoms with Crippen LogP contribution in [0.25, 0.3) is 16.5 Å². The predicted molar refractivity (Wildman–Crippen MR) is 126 cm³/mol. The van der Waals surface area contributed by atoms with Gasteiger partial charge in [0.1, 0.15) is 0 Å². The van der Waals surface area contributed by atoms with Crippen LogP contribution in [-0.2, 0) is 0 Å². The minimum Gasteiger partial charge on any atom is -0.355 e. The van der Waals surface area contributed by atoms with Crippen LogP contribution in [0.1, 0.15) is 21.9 Å². The zero-order valence-corrected chi connectivity index (χ0v) is 18.6. The molecule has 1 amide bonds. The fourth-order valence-electron chi connectivity index (χ4n) is 3.26. The molecule has 0 bridgehead atoms. The summed E-state index contributed by atoms with van der Waals surface area (Å²) in [5, 5.41) is 24.7. The maximum Gasteiger partial charge on any atom is 0.277 e. The van der Waals surface area contributed by atoms with Crippen LogP contribution in [0, 0.1) is 13.8 Å². The van der Waals surface area contributed by atoms with Gasteiger partial charge in [0.2, 0.25) is 0 Å². The number of nitrogens with one attached hydrogen (secondary N) is 2. The van der Waals surface area contributed by atoms with Crippen molar-refractivity contribution in [3.63, 3.8) is 0 Å². The number of hydrogen-bond donors (Lipinski definition) is 2. The first-order valence-electron chi connectivity index (χ1n) is 10.1. The van der Waals surface area contributed by atoms with Gasteiger partial charge in [0.05, 0.1) is 10.6 Å². The fourth-order valence-corrected chi connectivity index (χ4v) is 3.94. The molecule has 5 rings (SSSR count). The molecule has 5 aromatic rings. The molecule has 33 heavy (non-hydrogen) atoms. The molecule has 2 N–H and O–H groups in total. The number of benzene rings is 1. The maximum atomic E-state index is 12.5. The van der Waals surface area contributed by atoms with Crippen molar-refractivity contribution in [1.82, 2.24) is 25.1 Å². The second-order valence-corrected chi connectivity index (χ2v) is 8.27. The zero-order chi connectivity index (χ0) is 22.8. The largest absolute Gasteiger partial charge is 0.355 e. The van der Waals surface area contributed by atoms with Gasteiger partial charge >= 0.3 is 0 Å². The summed E-state index contributed by atoms with van der Waals surface area (Å²) in [6, 6.07) is 18.4. The van der Waals surface area contributed by atoms with Crippen molar-refractivity contribution in [2.24, 2.45) is 0 Å². The van der Waals surface area contributed by atoms with E-state index in [0.717, 1.165) is 22.0 Å². The number of nitrogens with zero attached hydrogens (tertiary/aromatic N) is 5. The molecule has 4 heterocycles. The van der Waals surface area contributed by atoms with Gasteiger partial charge < -0.3 is 15.2 Å². The smallest absolute Gasteiger partial charge is 0.277 e. The lowest BCUT2D eigenvalue weighted by Crippen LogP contribution is -2.12. The number of aryl methyl sites for hydroxylation is 2. The second kappa shape index (κ2) is 8.67. The lowest BCUT2D eigenvalue weighted by atomic mass is 10.2. The molecule has 0 aliphatic carbocycles. The van der Waals surface area contributed by atoms with E-state index in [4.69, 9.17) is 4.52 Å². The van der Waals surface area contributed by atoms with Gasteiger partial charge in [-0.25, -0.2) is 4.68 Å². The Kier molecular flexibility index (Phi) is 5.41. The first kappa shape index (κ1) is 20.6. The quantitative estimate of drug-likeness (QED) is 0.369. The summed E-state index contributed by atoms with van der Waals surface area (Å²) in [6.45, 7) is 3.91. The molecule has 0 aliphatic rings. The van der Waals surface area contributed by atoms with Crippen molar-refractivity contribution in [2.45, 2.75) is 13.8 Å². The number of thiophene rings is 1. The number of hydrogen-bond acceptors (Lipinski definition) is 8. The Morgan fingerprint density at radius 1 is 1.00 bits per heavy atom. The summed E-state index contributed by atoms with van der Waals surface area (Å²) in [4.78, 5) is 13.4. The number of rotatable bonds is 6. The minimum atomic E-state index is -0.340. The summed E-state index contributed by atoms with van der Waals surface area (Å²) in [5.74, 6) is 1.48. The highest BCUT2D eigenvalue weighted by Crippen LogP contribution is 2.25. The summed E-state index contributed by atoms with van der Waals surface area (Å²) < 4.78 is 7.02. The van der Waals surface area contributed by atoms with Crippen LogP contribution in [0.15, 0.2) is 70.6 Å². The fraction of sp³-hybridized carbons (Fsp3) is 0.0870. The van der Waals surface area contributed by atoms with Gasteiger partial charge in [-0.05, 0) is 67.8 Å². The van der Waals surface area contributed by atoms with E-state index in [1.54, 1.807) is 22.9 Å². The number of amides is 1. The van der Waals surface area contributed by atoms with Crippen LogP contribution >= 0.6 is 11.3 Å². The topological polar surface area (TPSA) is 111 Å². The molecule has 164 valence electrons. The molecule has 9 nitrogen and oxygen atoms in total. The van der Waals surface area contributed by atoms with Crippen molar-refractivity contribution in [1.29, 1.82) is 0 Å². The predicted octanol–water partition coefficient (Wildman–Crippen LogP) is 4.99. The molecule has 0 radical (unpaired) electrons. The first-order chi connectivity index (χ1) is 16.0. The van der Waals surface area contributed by atoms with Crippen LogP contribution in [0.5, 0.6) is 0 Å². The third-order valence-electron chi connectivity index (χ3n) is 4.80. The van der Waals surface area contributed by atoms with Crippen molar-refractivity contribution in [3.8, 4) is 16.5 Å². The Morgan fingerprint density at radius 3 is 2.48 bits per heavy atom.